The molecule has 2 saturated heterocycles. The smallest absolute Gasteiger partial charge is 0.118 e. The second-order valence-electron chi connectivity index (χ2n) is 7.53. The van der Waals surface area contributed by atoms with E-state index in [1.807, 2.05) is 14.0 Å². The normalized spacial score (nSPS) is 24.9. The fourth-order valence-corrected chi connectivity index (χ4v) is 4.48. The van der Waals surface area contributed by atoms with E-state index in [1.54, 1.807) is 7.11 Å². The molecule has 2 fully saturated rings. The summed E-state index contributed by atoms with van der Waals surface area (Å²) in [7, 11) is 3.62. The van der Waals surface area contributed by atoms with Crippen LogP contribution in [0.1, 0.15) is 24.4 Å². The molecule has 1 aromatic heterocycles. The van der Waals surface area contributed by atoms with Gasteiger partial charge in [-0.05, 0) is 50.4 Å². The minimum atomic E-state index is 0.416. The van der Waals surface area contributed by atoms with E-state index in [4.69, 9.17) is 13.9 Å². The Kier molecular flexibility index (Phi) is 5.98. The van der Waals surface area contributed by atoms with Gasteiger partial charge in [0.2, 0.25) is 0 Å². The van der Waals surface area contributed by atoms with Crippen LogP contribution in [0.5, 0.6) is 0 Å². The molecule has 2 aliphatic rings. The molecule has 136 valence electrons. The van der Waals surface area contributed by atoms with E-state index >= 15 is 0 Å². The molecule has 1 spiro atoms. The van der Waals surface area contributed by atoms with Crippen molar-refractivity contribution in [3.05, 3.63) is 23.7 Å². The number of methoxy groups -OCH3 is 2. The maximum Gasteiger partial charge on any atom is 0.118 e. The molecule has 0 bridgehead atoms. The van der Waals surface area contributed by atoms with Gasteiger partial charge in [-0.1, -0.05) is 0 Å². The minimum absolute atomic E-state index is 0.416. The third kappa shape index (κ3) is 4.02. The van der Waals surface area contributed by atoms with Gasteiger partial charge in [0.25, 0.3) is 0 Å². The lowest BCUT2D eigenvalue weighted by Crippen LogP contribution is -2.45. The molecule has 0 amide bonds. The molecule has 3 heterocycles. The van der Waals surface area contributed by atoms with E-state index in [2.05, 4.69) is 21.9 Å². The molecular formula is C19H32N2O3. The van der Waals surface area contributed by atoms with Crippen LogP contribution < -0.4 is 0 Å². The van der Waals surface area contributed by atoms with Gasteiger partial charge in [0.05, 0.1) is 19.8 Å². The lowest BCUT2D eigenvalue weighted by Gasteiger charge is -2.42. The molecule has 2 aliphatic heterocycles. The third-order valence-electron chi connectivity index (χ3n) is 5.89. The maximum atomic E-state index is 5.74. The summed E-state index contributed by atoms with van der Waals surface area (Å²) in [5, 5.41) is 0. The summed E-state index contributed by atoms with van der Waals surface area (Å²) in [6, 6.07) is 4.16. The first kappa shape index (κ1) is 17.9. The van der Waals surface area contributed by atoms with Gasteiger partial charge >= 0.3 is 0 Å². The van der Waals surface area contributed by atoms with Crippen molar-refractivity contribution in [3.63, 3.8) is 0 Å². The van der Waals surface area contributed by atoms with Crippen LogP contribution in [-0.2, 0) is 16.0 Å². The Morgan fingerprint density at radius 2 is 1.96 bits per heavy atom. The van der Waals surface area contributed by atoms with Gasteiger partial charge in [0, 0.05) is 39.8 Å². The van der Waals surface area contributed by atoms with Crippen molar-refractivity contribution in [1.29, 1.82) is 0 Å². The first-order valence-corrected chi connectivity index (χ1v) is 9.13. The second-order valence-corrected chi connectivity index (χ2v) is 7.53. The topological polar surface area (TPSA) is 38.1 Å². The molecule has 0 radical (unpaired) electrons. The number of piperidine rings is 1. The summed E-state index contributed by atoms with van der Waals surface area (Å²) in [6.45, 7) is 10.3. The maximum absolute atomic E-state index is 5.74. The Bertz CT molecular complexity index is 508. The zero-order chi connectivity index (χ0) is 17.0. The zero-order valence-electron chi connectivity index (χ0n) is 15.4. The van der Waals surface area contributed by atoms with Crippen molar-refractivity contribution >= 4 is 0 Å². The van der Waals surface area contributed by atoms with Crippen LogP contribution in [0.15, 0.2) is 16.5 Å². The van der Waals surface area contributed by atoms with Crippen molar-refractivity contribution in [2.75, 3.05) is 60.2 Å². The van der Waals surface area contributed by atoms with Crippen molar-refractivity contribution in [3.8, 4) is 0 Å². The largest absolute Gasteiger partial charge is 0.465 e. The molecule has 5 nitrogen and oxygen atoms in total. The van der Waals surface area contributed by atoms with Crippen LogP contribution in [0.2, 0.25) is 0 Å². The van der Waals surface area contributed by atoms with Gasteiger partial charge in [-0.2, -0.15) is 0 Å². The van der Waals surface area contributed by atoms with Gasteiger partial charge < -0.3 is 18.8 Å². The number of rotatable bonds is 7. The van der Waals surface area contributed by atoms with Gasteiger partial charge in [0.1, 0.15) is 11.5 Å². The highest BCUT2D eigenvalue weighted by Gasteiger charge is 2.47. The first-order valence-electron chi connectivity index (χ1n) is 9.13. The average molecular weight is 336 g/mol. The summed E-state index contributed by atoms with van der Waals surface area (Å²) in [5.74, 6) is 2.74. The Hall–Kier alpha value is -0.880. The number of likely N-dealkylation sites (tertiary alicyclic amines) is 2. The summed E-state index contributed by atoms with van der Waals surface area (Å²) in [4.78, 5) is 5.10. The van der Waals surface area contributed by atoms with Crippen LogP contribution in [0, 0.1) is 18.3 Å². The van der Waals surface area contributed by atoms with E-state index in [9.17, 15) is 0 Å². The molecular weight excluding hydrogens is 304 g/mol. The van der Waals surface area contributed by atoms with Gasteiger partial charge in [0.15, 0.2) is 0 Å². The molecule has 1 atom stereocenters. The van der Waals surface area contributed by atoms with Gasteiger partial charge in [-0.3, -0.25) is 4.90 Å². The van der Waals surface area contributed by atoms with E-state index in [-0.39, 0.29) is 0 Å². The van der Waals surface area contributed by atoms with E-state index in [1.165, 1.54) is 19.4 Å². The second kappa shape index (κ2) is 8.00. The SMILES string of the molecule is COCCN1C[C@@H](COC)C2(CCN(Cc3ccc(C)o3)CC2)C1. The number of hydrogen-bond donors (Lipinski definition) is 0. The lowest BCUT2D eigenvalue weighted by atomic mass is 9.71. The Morgan fingerprint density at radius 3 is 2.58 bits per heavy atom. The fraction of sp³-hybridized carbons (Fsp3) is 0.789. The van der Waals surface area contributed by atoms with Crippen LogP contribution in [0.3, 0.4) is 0 Å². The number of nitrogens with zero attached hydrogens (tertiary/aromatic N) is 2. The summed E-state index contributed by atoms with van der Waals surface area (Å²) in [6.07, 6.45) is 2.51. The molecule has 0 aromatic carbocycles. The third-order valence-corrected chi connectivity index (χ3v) is 5.89. The number of hydrogen-bond acceptors (Lipinski definition) is 5. The molecule has 0 N–H and O–H groups in total. The highest BCUT2D eigenvalue weighted by molar-refractivity contribution is 5.06. The summed E-state index contributed by atoms with van der Waals surface area (Å²) < 4.78 is 16.6. The number of furan rings is 1. The Labute approximate surface area is 145 Å². The minimum Gasteiger partial charge on any atom is -0.465 e. The monoisotopic (exact) mass is 336 g/mol. The molecule has 1 aromatic rings. The molecule has 3 rings (SSSR count). The fourth-order valence-electron chi connectivity index (χ4n) is 4.48. The molecule has 0 saturated carbocycles. The highest BCUT2D eigenvalue weighted by Crippen LogP contribution is 2.44. The van der Waals surface area contributed by atoms with Crippen molar-refractivity contribution in [2.24, 2.45) is 11.3 Å². The van der Waals surface area contributed by atoms with Crippen molar-refractivity contribution in [2.45, 2.75) is 26.3 Å². The Morgan fingerprint density at radius 1 is 1.17 bits per heavy atom. The van der Waals surface area contributed by atoms with Crippen LogP contribution >= 0.6 is 0 Å². The van der Waals surface area contributed by atoms with E-state index in [0.29, 0.717) is 11.3 Å². The van der Waals surface area contributed by atoms with Gasteiger partial charge in [-0.15, -0.1) is 0 Å². The first-order chi connectivity index (χ1) is 11.6. The molecule has 5 heteroatoms. The predicted molar refractivity (Wildman–Crippen MR) is 94.1 cm³/mol. The predicted octanol–water partition coefficient (Wildman–Crippen LogP) is 2.39. The van der Waals surface area contributed by atoms with E-state index in [0.717, 1.165) is 57.5 Å². The van der Waals surface area contributed by atoms with Crippen molar-refractivity contribution < 1.29 is 13.9 Å². The average Bonchev–Trinajstić information content (AvgIpc) is 3.13. The van der Waals surface area contributed by atoms with Crippen molar-refractivity contribution in [1.82, 2.24) is 9.80 Å². The molecule has 24 heavy (non-hydrogen) atoms. The standard InChI is InChI=1S/C19H32N2O3/c1-16-4-5-18(24-16)13-20-8-6-19(7-9-20)15-21(10-11-22-2)12-17(19)14-23-3/h4-5,17H,6-15H2,1-3H3/t17-/m0/s1. The Balaban J connectivity index is 1.57. The summed E-state index contributed by atoms with van der Waals surface area (Å²) in [5.41, 5.74) is 0.416. The number of aryl methyl sites for hydroxylation is 1. The zero-order valence-corrected chi connectivity index (χ0v) is 15.4. The number of ether oxygens (including phenoxy) is 2. The lowest BCUT2D eigenvalue weighted by molar-refractivity contribution is 0.0328. The van der Waals surface area contributed by atoms with Crippen LogP contribution in [0.4, 0.5) is 0 Å². The van der Waals surface area contributed by atoms with Gasteiger partial charge in [-0.25, -0.2) is 0 Å². The summed E-state index contributed by atoms with van der Waals surface area (Å²) >= 11 is 0. The van der Waals surface area contributed by atoms with Crippen LogP contribution in [0.25, 0.3) is 0 Å². The molecule has 0 aliphatic carbocycles. The van der Waals surface area contributed by atoms with Crippen LogP contribution in [-0.4, -0.2) is 70.0 Å². The quantitative estimate of drug-likeness (QED) is 0.764. The molecule has 0 unspecified atom stereocenters. The van der Waals surface area contributed by atoms with E-state index < -0.39 is 0 Å². The highest BCUT2D eigenvalue weighted by atomic mass is 16.5.